The van der Waals surface area contributed by atoms with Crippen LogP contribution in [0.5, 0.6) is 5.75 Å². The SMILES string of the molecule is Nc1c(/N=N/c2ccc(S(=O)(=O)CCOS(=O)(=O)O)cc2S(=O)(=O)O)cc(S(=O)(=O)O)c(N)c1/N=N/c1cc(/N=N/c2c(S(=O)(=O)O)cc3cc(S(=O)(=O)O)c(/N=N/c4cc(Nc5nc(Cl)nc(Nc6ccc(S(=O)(=O)CCOS(=O)(=O)O)cc6)n5)ccc4S(=O)(=O)O)c(N)c3c2O)c(S(=O)(=O)O)cc1S(=O)(=O)O. The first-order valence-electron chi connectivity index (χ1n) is 27.3. The van der Waals surface area contributed by atoms with Crippen LogP contribution in [0.15, 0.2) is 176 Å². The van der Waals surface area contributed by atoms with Gasteiger partial charge in [-0.1, -0.05) is 0 Å². The summed E-state index contributed by atoms with van der Waals surface area (Å²) in [5.41, 5.74) is 4.67. The van der Waals surface area contributed by atoms with Gasteiger partial charge in [0.05, 0.1) is 57.0 Å². The Labute approximate surface area is 616 Å². The first kappa shape index (κ1) is 84.9. The average Bonchev–Trinajstić information content (AvgIpc) is 0.745. The highest BCUT2D eigenvalue weighted by Crippen LogP contribution is 2.50. The smallest absolute Gasteiger partial charge is 0.397 e. The number of aromatic nitrogens is 3. The molecular weight excluding hydrogens is 1720 g/mol. The fourth-order valence-electron chi connectivity index (χ4n) is 8.77. The molecule has 0 radical (unpaired) electrons. The summed E-state index contributed by atoms with van der Waals surface area (Å²) in [6.45, 7) is -2.15. The molecule has 50 nitrogen and oxygen atoms in total. The summed E-state index contributed by atoms with van der Waals surface area (Å²) in [5, 5.41) is 42.7. The number of nitrogens with two attached hydrogens (primary N) is 3. The zero-order chi connectivity index (χ0) is 81.7. The highest BCUT2D eigenvalue weighted by Gasteiger charge is 2.32. The van der Waals surface area contributed by atoms with E-state index < -0.39 is 265 Å². The third-order valence-corrected chi connectivity index (χ3v) is 24.1. The Morgan fingerprint density at radius 3 is 1.23 bits per heavy atom. The van der Waals surface area contributed by atoms with Crippen molar-refractivity contribution in [2.24, 2.45) is 40.9 Å². The summed E-state index contributed by atoms with van der Waals surface area (Å²) in [6.07, 6.45) is 0. The minimum Gasteiger partial charge on any atom is -0.505 e. The quantitative estimate of drug-likeness (QED) is 0.0163. The Hall–Kier alpha value is -9.69. The third kappa shape index (κ3) is 21.0. The fraction of sp³-hybridized carbons (Fsp3) is 0.0851. The predicted octanol–water partition coefficient (Wildman–Crippen LogP) is 5.19. The van der Waals surface area contributed by atoms with Gasteiger partial charge in [-0.3, -0.25) is 41.0 Å². The number of phenolic OH excluding ortho intramolecular Hbond substituents is 1. The van der Waals surface area contributed by atoms with Gasteiger partial charge in [0.15, 0.2) is 25.4 Å². The number of phenols is 1. The van der Waals surface area contributed by atoms with Crippen molar-refractivity contribution in [1.82, 2.24) is 15.0 Å². The van der Waals surface area contributed by atoms with E-state index in [9.17, 15) is 130 Å². The van der Waals surface area contributed by atoms with E-state index in [0.717, 1.165) is 24.3 Å². The van der Waals surface area contributed by atoms with E-state index in [1.165, 1.54) is 12.1 Å². The van der Waals surface area contributed by atoms with E-state index in [1.807, 2.05) is 0 Å². The van der Waals surface area contributed by atoms with Crippen molar-refractivity contribution in [3.63, 3.8) is 0 Å². The Morgan fingerprint density at radius 1 is 0.358 bits per heavy atom. The van der Waals surface area contributed by atoms with Crippen molar-refractivity contribution in [3.8, 4) is 5.75 Å². The molecule has 62 heteroatoms. The molecule has 7 aromatic carbocycles. The van der Waals surface area contributed by atoms with Crippen LogP contribution in [0.25, 0.3) is 10.8 Å². The number of nitrogen functional groups attached to an aromatic ring is 3. The maximum absolute atomic E-state index is 13.0. The molecule has 0 atom stereocenters. The molecule has 1 aromatic heterocycles. The van der Waals surface area contributed by atoms with E-state index in [0.29, 0.717) is 30.3 Å². The molecule has 8 rings (SSSR count). The van der Waals surface area contributed by atoms with Gasteiger partial charge in [-0.05, 0) is 108 Å². The number of fused-ring (bicyclic) bond motifs is 1. The molecular formula is C47H41ClN16O34S11. The lowest BCUT2D eigenvalue weighted by molar-refractivity contribution is 0.282. The summed E-state index contributed by atoms with van der Waals surface area (Å²) >= 11 is 6.12. The maximum atomic E-state index is 13.0. The molecule has 8 aromatic rings. The number of hydrogen-bond donors (Lipinski definition) is 15. The second kappa shape index (κ2) is 30.6. The third-order valence-electron chi connectivity index (χ3n) is 13.4. The number of anilines is 7. The van der Waals surface area contributed by atoms with Gasteiger partial charge in [-0.25, -0.2) is 25.2 Å². The highest BCUT2D eigenvalue weighted by atomic mass is 35.5. The minimum atomic E-state index is -5.94. The van der Waals surface area contributed by atoms with Crippen LogP contribution in [0.1, 0.15) is 0 Å². The molecule has 1 heterocycles. The van der Waals surface area contributed by atoms with E-state index >= 15 is 0 Å². The van der Waals surface area contributed by atoms with Crippen molar-refractivity contribution >= 4 is 220 Å². The van der Waals surface area contributed by atoms with Crippen LogP contribution >= 0.6 is 11.6 Å². The van der Waals surface area contributed by atoms with Crippen molar-refractivity contribution in [2.75, 3.05) is 52.6 Å². The largest absolute Gasteiger partial charge is 0.505 e. The second-order valence-electron chi connectivity index (χ2n) is 20.8. The molecule has 0 aliphatic heterocycles. The van der Waals surface area contributed by atoms with Crippen molar-refractivity contribution in [1.29, 1.82) is 0 Å². The predicted molar refractivity (Wildman–Crippen MR) is 367 cm³/mol. The first-order chi connectivity index (χ1) is 49.7. The molecule has 0 saturated carbocycles. The van der Waals surface area contributed by atoms with Crippen LogP contribution < -0.4 is 27.8 Å². The monoisotopic (exact) mass is 1760 g/mol. The Kier molecular flexibility index (Phi) is 23.9. The number of azo groups is 4. The molecule has 0 saturated heterocycles. The molecule has 0 aliphatic rings. The Balaban J connectivity index is 1.21. The van der Waals surface area contributed by atoms with Crippen LogP contribution in [0.2, 0.25) is 5.28 Å². The van der Waals surface area contributed by atoms with Gasteiger partial charge in [0.2, 0.25) is 17.2 Å². The van der Waals surface area contributed by atoms with Gasteiger partial charge >= 0.3 is 20.8 Å². The Bertz CT molecular complexity index is 6670. The average molecular weight is 1760 g/mol. The number of rotatable bonds is 29. The normalized spacial score (nSPS) is 13.5. The molecule has 0 spiro atoms. The van der Waals surface area contributed by atoms with Crippen LogP contribution in [0.3, 0.4) is 0 Å². The molecule has 586 valence electrons. The molecule has 18 N–H and O–H groups in total. The molecule has 0 fully saturated rings. The number of benzene rings is 7. The van der Waals surface area contributed by atoms with Crippen molar-refractivity contribution in [2.45, 2.75) is 44.1 Å². The summed E-state index contributed by atoms with van der Waals surface area (Å²) < 4.78 is 371. The molecule has 109 heavy (non-hydrogen) atoms. The summed E-state index contributed by atoms with van der Waals surface area (Å²) in [7, 11) is -59.1. The van der Waals surface area contributed by atoms with Gasteiger partial charge in [0.25, 0.3) is 70.8 Å². The van der Waals surface area contributed by atoms with E-state index in [-0.39, 0.29) is 46.5 Å². The van der Waals surface area contributed by atoms with Gasteiger partial charge in [-0.15, -0.1) is 40.9 Å². The van der Waals surface area contributed by atoms with Gasteiger partial charge < -0.3 is 32.9 Å². The summed E-state index contributed by atoms with van der Waals surface area (Å²) in [4.78, 5) is 0.00310. The summed E-state index contributed by atoms with van der Waals surface area (Å²) in [5.74, 6) is -4.61. The zero-order valence-corrected chi connectivity index (χ0v) is 62.0. The standard InChI is InChI=1S/C47H41ClN16O34S11/c48-45-54-46(52-21-1-4-23(5-2-21)99(66,67)11-9-97-108(91,92)93)56-47(55-45)53-22-3-8-30(101(70,71)72)26(15-22)58-62-41-35(106(85,86)87)13-20-14-36(107(88,89)90)42(44(65)37(20)40(41)51)63-59-27-17-28(33(104(79,80)81)19-32(27)103(76,77)78)60-64-43-38(49)29(18-34(39(43)50)105(82,83)84)61-57-25-7-6-24(16-31(25)102(73,74)75)100(68,69)12-10-98-109(94,95)96/h1-8,13-19,65H,9-12,49-51H2,(H,70,71,72)(H,73,74,75)(H,76,77,78)(H,79,80,81)(H,82,83,84)(H,85,86,87)(H,88,89,90)(H,91,92,93)(H,94,95,96)(H2,52,53,54,55,56)/b61-57+,62-58+,63-59+,64-60+. The van der Waals surface area contributed by atoms with Gasteiger partial charge in [0, 0.05) is 11.4 Å². The van der Waals surface area contributed by atoms with Crippen LogP contribution in [0, 0.1) is 0 Å². The number of hydrogen-bond acceptors (Lipinski definition) is 41. The topological polar surface area (TPSA) is 836 Å². The number of nitrogens with zero attached hydrogens (tertiary/aromatic N) is 11. The van der Waals surface area contributed by atoms with Crippen molar-refractivity contribution < 1.29 is 147 Å². The number of aromatic hydroxyl groups is 1. The van der Waals surface area contributed by atoms with Crippen LogP contribution in [-0.2, 0) is 120 Å². The lowest BCUT2D eigenvalue weighted by Gasteiger charge is -2.14. The first-order valence-corrected chi connectivity index (χ1v) is 43.8. The number of sulfone groups is 2. The number of nitrogens with one attached hydrogen (secondary N) is 2. The molecule has 0 aliphatic carbocycles. The summed E-state index contributed by atoms with van der Waals surface area (Å²) in [6, 6.07) is 9.12. The lowest BCUT2D eigenvalue weighted by Crippen LogP contribution is -2.16. The Morgan fingerprint density at radius 2 is 0.752 bits per heavy atom. The van der Waals surface area contributed by atoms with E-state index in [4.69, 9.17) is 37.9 Å². The van der Waals surface area contributed by atoms with Crippen LogP contribution in [0.4, 0.5) is 85.8 Å². The van der Waals surface area contributed by atoms with E-state index in [1.54, 1.807) is 0 Å². The number of halogens is 1. The van der Waals surface area contributed by atoms with Gasteiger partial charge in [-0.2, -0.15) is 90.7 Å². The zero-order valence-electron chi connectivity index (χ0n) is 52.3. The van der Waals surface area contributed by atoms with Crippen LogP contribution in [-0.4, -0.2) is 178 Å². The minimum absolute atomic E-state index is 0.0915. The highest BCUT2D eigenvalue weighted by molar-refractivity contribution is 7.92. The van der Waals surface area contributed by atoms with Crippen molar-refractivity contribution in [3.05, 3.63) is 96.3 Å². The molecule has 0 amide bonds. The molecule has 0 unspecified atom stereocenters. The van der Waals surface area contributed by atoms with Gasteiger partial charge in [0.1, 0.15) is 79.8 Å². The lowest BCUT2D eigenvalue weighted by atomic mass is 10.1. The maximum Gasteiger partial charge on any atom is 0.397 e. The second-order valence-corrected chi connectivity index (χ2v) is 37.2. The van der Waals surface area contributed by atoms with E-state index in [2.05, 4.69) is 74.9 Å². The fourth-order valence-corrected chi connectivity index (χ4v) is 16.6. The molecule has 0 bridgehead atoms.